The van der Waals surface area contributed by atoms with Gasteiger partial charge in [0.15, 0.2) is 9.84 Å². The number of methoxy groups -OCH3 is 1. The van der Waals surface area contributed by atoms with Crippen LogP contribution in [0.2, 0.25) is 0 Å². The van der Waals surface area contributed by atoms with Gasteiger partial charge in [-0.15, -0.1) is 0 Å². The van der Waals surface area contributed by atoms with Crippen molar-refractivity contribution in [1.29, 1.82) is 0 Å². The SMILES string of the molecule is COc1ccc([C@@H](NC(=O)C(=O)Nc2ccc(S(=O)(=O)C3CCCC3)cc2)c2ccccc2)cc1. The maximum absolute atomic E-state index is 12.8. The van der Waals surface area contributed by atoms with Gasteiger partial charge in [-0.05, 0) is 60.4 Å². The number of sulfone groups is 1. The predicted octanol–water partition coefficient (Wildman–Crippen LogP) is 4.26. The van der Waals surface area contributed by atoms with Gasteiger partial charge in [-0.2, -0.15) is 0 Å². The van der Waals surface area contributed by atoms with Gasteiger partial charge in [-0.25, -0.2) is 8.42 Å². The van der Waals surface area contributed by atoms with Crippen LogP contribution in [0.3, 0.4) is 0 Å². The van der Waals surface area contributed by atoms with E-state index in [0.29, 0.717) is 24.3 Å². The normalized spacial score (nSPS) is 14.8. The number of benzene rings is 3. The minimum absolute atomic E-state index is 0.232. The third kappa shape index (κ3) is 5.71. The van der Waals surface area contributed by atoms with Gasteiger partial charge >= 0.3 is 11.8 Å². The van der Waals surface area contributed by atoms with Crippen molar-refractivity contribution in [3.05, 3.63) is 90.0 Å². The van der Waals surface area contributed by atoms with E-state index >= 15 is 0 Å². The Labute approximate surface area is 205 Å². The first kappa shape index (κ1) is 24.5. The second kappa shape index (κ2) is 10.7. The van der Waals surface area contributed by atoms with Crippen LogP contribution in [-0.2, 0) is 19.4 Å². The Kier molecular flexibility index (Phi) is 7.51. The van der Waals surface area contributed by atoms with Crippen LogP contribution in [0.4, 0.5) is 5.69 Å². The fraction of sp³-hybridized carbons (Fsp3) is 0.259. The molecule has 182 valence electrons. The molecule has 0 aliphatic heterocycles. The van der Waals surface area contributed by atoms with E-state index in [9.17, 15) is 18.0 Å². The van der Waals surface area contributed by atoms with Crippen molar-refractivity contribution < 1.29 is 22.7 Å². The van der Waals surface area contributed by atoms with Crippen molar-refractivity contribution in [2.24, 2.45) is 0 Å². The first-order chi connectivity index (χ1) is 16.9. The molecule has 0 saturated heterocycles. The lowest BCUT2D eigenvalue weighted by Crippen LogP contribution is -2.38. The van der Waals surface area contributed by atoms with Gasteiger partial charge in [0.25, 0.3) is 0 Å². The van der Waals surface area contributed by atoms with Crippen molar-refractivity contribution in [2.45, 2.75) is 41.9 Å². The van der Waals surface area contributed by atoms with E-state index in [2.05, 4.69) is 10.6 Å². The Morgan fingerprint density at radius 1 is 0.829 bits per heavy atom. The maximum Gasteiger partial charge on any atom is 0.313 e. The number of rotatable bonds is 7. The highest BCUT2D eigenvalue weighted by Crippen LogP contribution is 2.30. The molecule has 0 unspecified atom stereocenters. The summed E-state index contributed by atoms with van der Waals surface area (Å²) in [5, 5.41) is 5.00. The van der Waals surface area contributed by atoms with E-state index in [1.54, 1.807) is 19.2 Å². The maximum atomic E-state index is 12.8. The molecule has 1 atom stereocenters. The summed E-state index contributed by atoms with van der Waals surface area (Å²) >= 11 is 0. The van der Waals surface area contributed by atoms with Gasteiger partial charge < -0.3 is 15.4 Å². The van der Waals surface area contributed by atoms with E-state index in [-0.39, 0.29) is 10.1 Å². The molecule has 2 amide bonds. The van der Waals surface area contributed by atoms with Crippen molar-refractivity contribution in [1.82, 2.24) is 5.32 Å². The van der Waals surface area contributed by atoms with E-state index in [4.69, 9.17) is 4.74 Å². The second-order valence-corrected chi connectivity index (χ2v) is 10.7. The molecule has 2 N–H and O–H groups in total. The first-order valence-corrected chi connectivity index (χ1v) is 13.1. The zero-order chi connectivity index (χ0) is 24.8. The van der Waals surface area contributed by atoms with Crippen LogP contribution in [0.25, 0.3) is 0 Å². The highest BCUT2D eigenvalue weighted by Gasteiger charge is 2.30. The lowest BCUT2D eigenvalue weighted by Gasteiger charge is -2.20. The van der Waals surface area contributed by atoms with Gasteiger partial charge in [0.05, 0.1) is 23.3 Å². The van der Waals surface area contributed by atoms with Crippen LogP contribution in [0.1, 0.15) is 42.9 Å². The molecule has 1 aliphatic carbocycles. The van der Waals surface area contributed by atoms with E-state index in [0.717, 1.165) is 24.0 Å². The Balaban J connectivity index is 1.46. The summed E-state index contributed by atoms with van der Waals surface area (Å²) < 4.78 is 30.7. The highest BCUT2D eigenvalue weighted by atomic mass is 32.2. The van der Waals surface area contributed by atoms with Gasteiger partial charge in [0.1, 0.15) is 5.75 Å². The predicted molar refractivity (Wildman–Crippen MR) is 134 cm³/mol. The molecular formula is C27H28N2O5S. The fourth-order valence-corrected chi connectivity index (χ4v) is 6.16. The summed E-state index contributed by atoms with van der Waals surface area (Å²) in [5.41, 5.74) is 1.95. The Bertz CT molecular complexity index is 1270. The summed E-state index contributed by atoms with van der Waals surface area (Å²) in [4.78, 5) is 25.7. The smallest absolute Gasteiger partial charge is 0.313 e. The zero-order valence-corrected chi connectivity index (χ0v) is 20.3. The number of hydrogen-bond donors (Lipinski definition) is 2. The topological polar surface area (TPSA) is 102 Å². The number of amides is 2. The van der Waals surface area contributed by atoms with Crippen LogP contribution in [0.15, 0.2) is 83.8 Å². The summed E-state index contributed by atoms with van der Waals surface area (Å²) in [6, 6.07) is 22.0. The molecule has 0 spiro atoms. The third-order valence-electron chi connectivity index (χ3n) is 6.25. The van der Waals surface area contributed by atoms with Crippen LogP contribution in [0.5, 0.6) is 5.75 Å². The van der Waals surface area contributed by atoms with Gasteiger partial charge in [0, 0.05) is 5.69 Å². The summed E-state index contributed by atoms with van der Waals surface area (Å²) in [5.74, 6) is -0.966. The third-order valence-corrected chi connectivity index (χ3v) is 8.52. The standard InChI is InChI=1S/C27H28N2O5S/c1-34-22-15-11-20(12-16-22)25(19-7-3-2-4-8-19)29-27(31)26(30)28-21-13-17-24(18-14-21)35(32,33)23-9-5-6-10-23/h2-4,7-8,11-18,23,25H,5-6,9-10H2,1H3,(H,28,30)(H,29,31)/t25-/m0/s1. The van der Waals surface area contributed by atoms with Crippen LogP contribution in [-0.4, -0.2) is 32.6 Å². The molecule has 3 aromatic carbocycles. The largest absolute Gasteiger partial charge is 0.497 e. The molecule has 0 bridgehead atoms. The van der Waals surface area contributed by atoms with Crippen molar-refractivity contribution in [3.63, 3.8) is 0 Å². The average Bonchev–Trinajstić information content (AvgIpc) is 3.44. The van der Waals surface area contributed by atoms with Gasteiger partial charge in [-0.1, -0.05) is 55.3 Å². The number of carbonyl (C=O) groups is 2. The second-order valence-electron chi connectivity index (χ2n) is 8.52. The quantitative estimate of drug-likeness (QED) is 0.480. The fourth-order valence-electron chi connectivity index (χ4n) is 4.30. The van der Waals surface area contributed by atoms with Crippen molar-refractivity contribution >= 4 is 27.3 Å². The Morgan fingerprint density at radius 3 is 2.03 bits per heavy atom. The first-order valence-electron chi connectivity index (χ1n) is 11.5. The summed E-state index contributed by atoms with van der Waals surface area (Å²) in [6.07, 6.45) is 3.21. The number of anilines is 1. The van der Waals surface area contributed by atoms with Crippen molar-refractivity contribution in [3.8, 4) is 5.75 Å². The van der Waals surface area contributed by atoms with E-state index < -0.39 is 27.7 Å². The van der Waals surface area contributed by atoms with Crippen LogP contribution >= 0.6 is 0 Å². The molecule has 1 fully saturated rings. The van der Waals surface area contributed by atoms with Gasteiger partial charge in [-0.3, -0.25) is 9.59 Å². The minimum atomic E-state index is -3.38. The molecule has 35 heavy (non-hydrogen) atoms. The lowest BCUT2D eigenvalue weighted by molar-refractivity contribution is -0.136. The van der Waals surface area contributed by atoms with Crippen molar-refractivity contribution in [2.75, 3.05) is 12.4 Å². The monoisotopic (exact) mass is 492 g/mol. The number of carbonyl (C=O) groups excluding carboxylic acids is 2. The molecule has 4 rings (SSSR count). The van der Waals surface area contributed by atoms with E-state index in [1.165, 1.54) is 24.3 Å². The highest BCUT2D eigenvalue weighted by molar-refractivity contribution is 7.92. The Hall–Kier alpha value is -3.65. The number of hydrogen-bond acceptors (Lipinski definition) is 5. The lowest BCUT2D eigenvalue weighted by atomic mass is 9.98. The molecule has 7 nitrogen and oxygen atoms in total. The van der Waals surface area contributed by atoms with Gasteiger partial charge in [0.2, 0.25) is 0 Å². The number of nitrogens with one attached hydrogen (secondary N) is 2. The van der Waals surface area contributed by atoms with Crippen LogP contribution in [0, 0.1) is 0 Å². The minimum Gasteiger partial charge on any atom is -0.497 e. The molecule has 0 aromatic heterocycles. The molecule has 1 aliphatic rings. The zero-order valence-electron chi connectivity index (χ0n) is 19.4. The molecule has 3 aromatic rings. The summed E-state index contributed by atoms with van der Waals surface area (Å²) in [6.45, 7) is 0. The average molecular weight is 493 g/mol. The summed E-state index contributed by atoms with van der Waals surface area (Å²) in [7, 11) is -1.81. The molecule has 0 heterocycles. The van der Waals surface area contributed by atoms with E-state index in [1.807, 2.05) is 42.5 Å². The molecule has 0 radical (unpaired) electrons. The van der Waals surface area contributed by atoms with Crippen LogP contribution < -0.4 is 15.4 Å². The Morgan fingerprint density at radius 2 is 1.43 bits per heavy atom. The number of ether oxygens (including phenoxy) is 1. The molecule has 1 saturated carbocycles. The molecular weight excluding hydrogens is 464 g/mol. The molecule has 8 heteroatoms.